The van der Waals surface area contributed by atoms with Gasteiger partial charge in [-0.2, -0.15) is 0 Å². The van der Waals surface area contributed by atoms with Crippen LogP contribution in [0.15, 0.2) is 0 Å². The Bertz CT molecular complexity index is 1690. The highest BCUT2D eigenvalue weighted by Crippen LogP contribution is 2.45. The van der Waals surface area contributed by atoms with Crippen molar-refractivity contribution < 1.29 is 80.2 Å². The van der Waals surface area contributed by atoms with Gasteiger partial charge in [0.25, 0.3) is 0 Å². The third-order valence-electron chi connectivity index (χ3n) is 15.8. The zero-order chi connectivity index (χ0) is 63.6. The van der Waals surface area contributed by atoms with E-state index in [-0.39, 0.29) is 25.7 Å². The summed E-state index contributed by atoms with van der Waals surface area (Å²) < 4.78 is 68.0. The quantitative estimate of drug-likeness (QED) is 0.0222. The highest BCUT2D eigenvalue weighted by Gasteiger charge is 2.30. The Morgan fingerprint density at radius 2 is 0.593 bits per heavy atom. The Morgan fingerprint density at radius 1 is 0.337 bits per heavy atom. The van der Waals surface area contributed by atoms with Crippen molar-refractivity contribution in [3.05, 3.63) is 0 Å². The molecule has 0 amide bonds. The molecule has 0 heterocycles. The van der Waals surface area contributed by atoms with Crippen LogP contribution in [0, 0.1) is 11.8 Å². The van der Waals surface area contributed by atoms with Crippen LogP contribution in [0.4, 0.5) is 0 Å². The minimum atomic E-state index is -4.95. The van der Waals surface area contributed by atoms with Crippen molar-refractivity contribution in [2.75, 3.05) is 39.6 Å². The summed E-state index contributed by atoms with van der Waals surface area (Å²) in [6.45, 7) is 9.36. The Balaban J connectivity index is 5.16. The van der Waals surface area contributed by atoms with Crippen molar-refractivity contribution in [1.82, 2.24) is 0 Å². The van der Waals surface area contributed by atoms with Gasteiger partial charge in [-0.15, -0.1) is 0 Å². The first kappa shape index (κ1) is 84.1. The summed E-state index contributed by atoms with van der Waals surface area (Å²) in [7, 11) is -9.89. The predicted octanol–water partition coefficient (Wildman–Crippen LogP) is 18.8. The second-order valence-electron chi connectivity index (χ2n) is 24.9. The van der Waals surface area contributed by atoms with Gasteiger partial charge in [-0.25, -0.2) is 9.13 Å². The molecule has 0 saturated carbocycles. The first-order valence-corrected chi connectivity index (χ1v) is 38.0. The van der Waals surface area contributed by atoms with Gasteiger partial charge in [0.1, 0.15) is 19.3 Å². The molecular weight excluding hydrogens is 1140 g/mol. The molecule has 0 spiro atoms. The molecule has 6 atom stereocenters. The number of phosphoric acid groups is 2. The molecule has 0 aromatic rings. The van der Waals surface area contributed by atoms with Crippen LogP contribution in [0.25, 0.3) is 0 Å². The van der Waals surface area contributed by atoms with Crippen molar-refractivity contribution in [3.63, 3.8) is 0 Å². The first-order valence-electron chi connectivity index (χ1n) is 35.0. The fraction of sp³-hybridized carbons (Fsp3) is 0.940. The summed E-state index contributed by atoms with van der Waals surface area (Å²) in [5, 5.41) is 10.5. The lowest BCUT2D eigenvalue weighted by molar-refractivity contribution is -0.161. The molecule has 3 N–H and O–H groups in total. The van der Waals surface area contributed by atoms with Crippen molar-refractivity contribution >= 4 is 39.5 Å². The Labute approximate surface area is 524 Å². The number of aliphatic hydroxyl groups is 1. The zero-order valence-electron chi connectivity index (χ0n) is 55.6. The molecular formula is C67H130O17P2. The lowest BCUT2D eigenvalue weighted by atomic mass is 10.00. The minimum Gasteiger partial charge on any atom is -0.462 e. The summed E-state index contributed by atoms with van der Waals surface area (Å²) in [4.78, 5) is 72.2. The van der Waals surface area contributed by atoms with Crippen LogP contribution in [-0.4, -0.2) is 96.7 Å². The maximum Gasteiger partial charge on any atom is 0.472 e. The summed E-state index contributed by atoms with van der Waals surface area (Å²) >= 11 is 0. The molecule has 0 fully saturated rings. The molecule has 0 bridgehead atoms. The standard InChI is InChI=1S/C67H130O17P2/c1-7-10-12-14-16-18-19-20-21-22-23-24-25-26-27-28-30-39-45-51-66(71)83-62(56-78-65(70)50-44-38-34-32-36-42-48-60(6)9-3)57-81-85(73,74)79-53-61(68)54-80-86(75,76)82-58-63(55-77-64(69)49-43-37-29-17-15-13-11-8-2)84-67(72)52-46-40-33-31-35-41-47-59(4)5/h59-63,68H,7-58H2,1-6H3,(H,73,74)(H,75,76)/t60?,61-,62-,63-/m1/s1. The van der Waals surface area contributed by atoms with E-state index in [1.807, 2.05) is 0 Å². The number of aliphatic hydroxyl groups excluding tert-OH is 1. The van der Waals surface area contributed by atoms with Gasteiger partial charge in [0.05, 0.1) is 26.4 Å². The average Bonchev–Trinajstić information content (AvgIpc) is 3.58. The van der Waals surface area contributed by atoms with Gasteiger partial charge in [0.2, 0.25) is 0 Å². The van der Waals surface area contributed by atoms with E-state index in [9.17, 15) is 43.2 Å². The molecule has 0 aromatic heterocycles. The summed E-state index contributed by atoms with van der Waals surface area (Å²) in [5.41, 5.74) is 0. The van der Waals surface area contributed by atoms with E-state index in [1.165, 1.54) is 141 Å². The SMILES string of the molecule is CCCCCCCCCCCCCCCCCCCCCC(=O)O[C@H](COC(=O)CCCCCCCCC(C)CC)COP(=O)(O)OC[C@@H](O)COP(=O)(O)OC[C@@H](COC(=O)CCCCCCCCCC)OC(=O)CCCCCCCCC(C)C. The van der Waals surface area contributed by atoms with Crippen LogP contribution >= 0.6 is 15.6 Å². The number of hydrogen-bond donors (Lipinski definition) is 3. The van der Waals surface area contributed by atoms with Gasteiger partial charge in [0.15, 0.2) is 12.2 Å². The van der Waals surface area contributed by atoms with Crippen molar-refractivity contribution in [2.45, 2.75) is 355 Å². The van der Waals surface area contributed by atoms with Crippen molar-refractivity contribution in [1.29, 1.82) is 0 Å². The summed E-state index contributed by atoms with van der Waals surface area (Å²) in [5.74, 6) is -0.737. The molecule has 0 aliphatic rings. The molecule has 0 aliphatic heterocycles. The number of carbonyl (C=O) groups excluding carboxylic acids is 4. The summed E-state index contributed by atoms with van der Waals surface area (Å²) in [6, 6.07) is 0. The van der Waals surface area contributed by atoms with Gasteiger partial charge in [-0.3, -0.25) is 37.3 Å². The lowest BCUT2D eigenvalue weighted by Crippen LogP contribution is -2.30. The van der Waals surface area contributed by atoms with Crippen LogP contribution in [0.3, 0.4) is 0 Å². The van der Waals surface area contributed by atoms with E-state index < -0.39 is 97.5 Å². The van der Waals surface area contributed by atoms with Gasteiger partial charge in [-0.05, 0) is 37.5 Å². The Hall–Kier alpha value is -1.94. The monoisotopic (exact) mass is 1270 g/mol. The maximum absolute atomic E-state index is 13.0. The number of esters is 4. The smallest absolute Gasteiger partial charge is 0.462 e. The van der Waals surface area contributed by atoms with Gasteiger partial charge < -0.3 is 33.8 Å². The average molecular weight is 1270 g/mol. The number of ether oxygens (including phenoxy) is 4. The van der Waals surface area contributed by atoms with E-state index in [0.717, 1.165) is 109 Å². The summed E-state index contributed by atoms with van der Waals surface area (Å²) in [6.07, 6.45) is 43.5. The van der Waals surface area contributed by atoms with E-state index in [2.05, 4.69) is 41.5 Å². The predicted molar refractivity (Wildman–Crippen MR) is 345 cm³/mol. The first-order chi connectivity index (χ1) is 41.4. The number of carbonyl (C=O) groups is 4. The van der Waals surface area contributed by atoms with Crippen LogP contribution in [0.5, 0.6) is 0 Å². The normalized spacial score (nSPS) is 14.5. The van der Waals surface area contributed by atoms with Crippen LogP contribution < -0.4 is 0 Å². The van der Waals surface area contributed by atoms with Crippen LogP contribution in [-0.2, 0) is 65.4 Å². The van der Waals surface area contributed by atoms with Crippen molar-refractivity contribution in [2.24, 2.45) is 11.8 Å². The molecule has 0 saturated heterocycles. The van der Waals surface area contributed by atoms with E-state index in [4.69, 9.17) is 37.0 Å². The number of unbranched alkanes of at least 4 members (excludes halogenated alkanes) is 35. The van der Waals surface area contributed by atoms with Gasteiger partial charge in [0, 0.05) is 25.7 Å². The molecule has 19 heteroatoms. The maximum atomic E-state index is 13.0. The minimum absolute atomic E-state index is 0.102. The molecule has 510 valence electrons. The third-order valence-corrected chi connectivity index (χ3v) is 17.7. The molecule has 86 heavy (non-hydrogen) atoms. The van der Waals surface area contributed by atoms with Gasteiger partial charge in [-0.1, -0.05) is 286 Å². The zero-order valence-corrected chi connectivity index (χ0v) is 57.4. The Kier molecular flexibility index (Phi) is 58.0. The van der Waals surface area contributed by atoms with E-state index >= 15 is 0 Å². The second kappa shape index (κ2) is 59.4. The van der Waals surface area contributed by atoms with Crippen molar-refractivity contribution in [3.8, 4) is 0 Å². The van der Waals surface area contributed by atoms with Gasteiger partial charge >= 0.3 is 39.5 Å². The van der Waals surface area contributed by atoms with E-state index in [0.29, 0.717) is 31.6 Å². The fourth-order valence-corrected chi connectivity index (χ4v) is 11.6. The lowest BCUT2D eigenvalue weighted by Gasteiger charge is -2.21. The molecule has 0 aliphatic carbocycles. The van der Waals surface area contributed by atoms with Crippen LogP contribution in [0.1, 0.15) is 337 Å². The highest BCUT2D eigenvalue weighted by atomic mass is 31.2. The number of phosphoric ester groups is 2. The molecule has 17 nitrogen and oxygen atoms in total. The molecule has 0 aromatic carbocycles. The van der Waals surface area contributed by atoms with Crippen LogP contribution in [0.2, 0.25) is 0 Å². The third kappa shape index (κ3) is 59.7. The largest absolute Gasteiger partial charge is 0.472 e. The van der Waals surface area contributed by atoms with E-state index in [1.54, 1.807) is 0 Å². The topological polar surface area (TPSA) is 237 Å². The number of hydrogen-bond acceptors (Lipinski definition) is 15. The Morgan fingerprint density at radius 3 is 0.884 bits per heavy atom. The molecule has 0 radical (unpaired) electrons. The number of rotatable bonds is 66. The molecule has 0 rings (SSSR count). The molecule has 3 unspecified atom stereocenters. The second-order valence-corrected chi connectivity index (χ2v) is 27.8. The fourth-order valence-electron chi connectivity index (χ4n) is 10.0. The highest BCUT2D eigenvalue weighted by molar-refractivity contribution is 7.47.